The number of benzene rings is 6. The van der Waals surface area contributed by atoms with Crippen LogP contribution in [-0.4, -0.2) is 12.6 Å². The summed E-state index contributed by atoms with van der Waals surface area (Å²) in [6.45, 7) is 0. The van der Waals surface area contributed by atoms with Crippen molar-refractivity contribution in [2.24, 2.45) is 0 Å². The number of fused-ring (bicyclic) bond motifs is 3. The van der Waals surface area contributed by atoms with Crippen LogP contribution in [0.25, 0.3) is 32.9 Å². The van der Waals surface area contributed by atoms with E-state index in [9.17, 15) is 0 Å². The molecule has 0 saturated carbocycles. The van der Waals surface area contributed by atoms with Crippen molar-refractivity contribution in [3.05, 3.63) is 170 Å². The minimum atomic E-state index is -2.73. The van der Waals surface area contributed by atoms with Crippen LogP contribution in [0.4, 0.5) is 0 Å². The molecule has 2 heteroatoms. The first kappa shape index (κ1) is 26.7. The number of nitrogens with zero attached hydrogens (tertiary/aromatic N) is 1. The van der Waals surface area contributed by atoms with Crippen LogP contribution >= 0.6 is 0 Å². The number of rotatable bonds is 6. The van der Waals surface area contributed by atoms with E-state index in [0.29, 0.717) is 6.04 Å². The summed E-state index contributed by atoms with van der Waals surface area (Å²) in [6.07, 6.45) is 8.39. The largest absolute Gasteiger partial charge is 0.333 e. The standard InChI is InChI=1S/C42H35NSi/c1-5-16-32(17-6-1)33-18-15-25-37(30-33)44(35-21-9-3-10-22-35,36-23-11-4-12-24-36)38-28-29-40-39-26-13-14-27-41(39)43(42(40)31-38)34-19-7-2-8-20-34/h1,3-7,9-19,21-31,34H,2,8,20H2. The van der Waals surface area contributed by atoms with Crippen molar-refractivity contribution in [3.63, 3.8) is 0 Å². The number of para-hydroxylation sites is 1. The Balaban J connectivity index is 1.47. The molecular formula is C42H35NSi. The zero-order chi connectivity index (χ0) is 29.3. The molecule has 0 bridgehead atoms. The maximum absolute atomic E-state index is 2.73. The molecule has 0 saturated heterocycles. The molecule has 0 N–H and O–H groups in total. The predicted octanol–water partition coefficient (Wildman–Crippen LogP) is 8.12. The lowest BCUT2D eigenvalue weighted by Gasteiger charge is -2.35. The predicted molar refractivity (Wildman–Crippen MR) is 191 cm³/mol. The zero-order valence-corrected chi connectivity index (χ0v) is 25.8. The molecule has 0 aliphatic heterocycles. The number of aromatic nitrogens is 1. The van der Waals surface area contributed by atoms with E-state index in [-0.39, 0.29) is 0 Å². The Morgan fingerprint density at radius 3 is 1.77 bits per heavy atom. The van der Waals surface area contributed by atoms with Gasteiger partial charge in [0.05, 0.1) is 6.04 Å². The van der Waals surface area contributed by atoms with Gasteiger partial charge in [-0.1, -0.05) is 158 Å². The van der Waals surface area contributed by atoms with E-state index in [0.717, 1.165) is 0 Å². The molecule has 1 heterocycles. The lowest BCUT2D eigenvalue weighted by Crippen LogP contribution is -2.74. The third-order valence-electron chi connectivity index (χ3n) is 9.52. The third kappa shape index (κ3) is 4.37. The molecule has 0 amide bonds. The lowest BCUT2D eigenvalue weighted by molar-refractivity contribution is 0.542. The van der Waals surface area contributed by atoms with Gasteiger partial charge in [0.1, 0.15) is 0 Å². The van der Waals surface area contributed by atoms with Crippen molar-refractivity contribution in [1.29, 1.82) is 0 Å². The van der Waals surface area contributed by atoms with Gasteiger partial charge in [0, 0.05) is 21.8 Å². The van der Waals surface area contributed by atoms with Gasteiger partial charge < -0.3 is 4.57 Å². The summed E-state index contributed by atoms with van der Waals surface area (Å²) in [5, 5.41) is 8.29. The highest BCUT2D eigenvalue weighted by molar-refractivity contribution is 7.20. The maximum Gasteiger partial charge on any atom is 0.179 e. The van der Waals surface area contributed by atoms with Crippen molar-refractivity contribution in [1.82, 2.24) is 4.57 Å². The fourth-order valence-electron chi connectivity index (χ4n) is 7.54. The van der Waals surface area contributed by atoms with Crippen LogP contribution in [0.5, 0.6) is 0 Å². The summed E-state index contributed by atoms with van der Waals surface area (Å²) >= 11 is 0. The van der Waals surface area contributed by atoms with E-state index in [1.54, 1.807) is 0 Å². The van der Waals surface area contributed by atoms with Crippen molar-refractivity contribution in [2.75, 3.05) is 0 Å². The van der Waals surface area contributed by atoms with Gasteiger partial charge in [0.2, 0.25) is 0 Å². The Hall–Kier alpha value is -4.92. The third-order valence-corrected chi connectivity index (χ3v) is 14.3. The van der Waals surface area contributed by atoms with Crippen LogP contribution < -0.4 is 20.7 Å². The van der Waals surface area contributed by atoms with E-state index >= 15 is 0 Å². The minimum absolute atomic E-state index is 0.368. The summed E-state index contributed by atoms with van der Waals surface area (Å²) < 4.78 is 2.62. The molecule has 0 fully saturated rings. The van der Waals surface area contributed by atoms with Gasteiger partial charge in [-0.3, -0.25) is 0 Å². The quantitative estimate of drug-likeness (QED) is 0.106. The molecule has 212 valence electrons. The molecule has 1 atom stereocenters. The average molecular weight is 582 g/mol. The second-order valence-electron chi connectivity index (χ2n) is 12.0. The first-order valence-corrected chi connectivity index (χ1v) is 17.8. The van der Waals surface area contributed by atoms with Crippen molar-refractivity contribution in [2.45, 2.75) is 25.3 Å². The number of hydrogen-bond acceptors (Lipinski definition) is 0. The molecule has 8 rings (SSSR count). The highest BCUT2D eigenvalue weighted by Gasteiger charge is 2.42. The second-order valence-corrected chi connectivity index (χ2v) is 15.8. The minimum Gasteiger partial charge on any atom is -0.333 e. The fraction of sp³-hybridized carbons (Fsp3) is 0.0952. The lowest BCUT2D eigenvalue weighted by atomic mass is 10.0. The average Bonchev–Trinajstić information content (AvgIpc) is 3.44. The van der Waals surface area contributed by atoms with Crippen LogP contribution in [0.1, 0.15) is 25.3 Å². The number of hydrogen-bond donors (Lipinski definition) is 0. The molecular weight excluding hydrogens is 547 g/mol. The van der Waals surface area contributed by atoms with E-state index in [1.165, 1.54) is 72.9 Å². The van der Waals surface area contributed by atoms with E-state index in [1.807, 2.05) is 0 Å². The molecule has 0 radical (unpaired) electrons. The number of allylic oxidation sites excluding steroid dienone is 2. The van der Waals surface area contributed by atoms with Crippen LogP contribution in [-0.2, 0) is 0 Å². The molecule has 6 aromatic carbocycles. The van der Waals surface area contributed by atoms with Crippen LogP contribution in [0.3, 0.4) is 0 Å². The van der Waals surface area contributed by atoms with Crippen LogP contribution in [0, 0.1) is 0 Å². The Kier molecular flexibility index (Phi) is 6.85. The van der Waals surface area contributed by atoms with Crippen molar-refractivity contribution < 1.29 is 0 Å². The van der Waals surface area contributed by atoms with Gasteiger partial charge in [-0.05, 0) is 63.3 Å². The normalized spacial score (nSPS) is 15.1. The Bertz CT molecular complexity index is 2050. The Morgan fingerprint density at radius 1 is 0.477 bits per heavy atom. The van der Waals surface area contributed by atoms with Gasteiger partial charge in [0.15, 0.2) is 8.07 Å². The molecule has 1 aromatic heterocycles. The monoisotopic (exact) mass is 581 g/mol. The Labute approximate surface area is 260 Å². The highest BCUT2D eigenvalue weighted by atomic mass is 28.3. The highest BCUT2D eigenvalue weighted by Crippen LogP contribution is 2.35. The van der Waals surface area contributed by atoms with Gasteiger partial charge in [-0.25, -0.2) is 0 Å². The molecule has 44 heavy (non-hydrogen) atoms. The first-order valence-electron chi connectivity index (χ1n) is 15.8. The topological polar surface area (TPSA) is 4.93 Å². The summed E-state index contributed by atoms with van der Waals surface area (Å²) in [5.74, 6) is 0. The first-order chi connectivity index (χ1) is 21.8. The van der Waals surface area contributed by atoms with Crippen LogP contribution in [0.15, 0.2) is 170 Å². The van der Waals surface area contributed by atoms with E-state index in [2.05, 4.69) is 174 Å². The SMILES string of the molecule is C1=CC(n2c3ccccc3c3ccc([Si](c4ccccc4)(c4ccccc4)c4cccc(-c5ccccc5)c4)cc32)CCC1. The van der Waals surface area contributed by atoms with Crippen LogP contribution in [0.2, 0.25) is 0 Å². The van der Waals surface area contributed by atoms with Crippen molar-refractivity contribution >= 4 is 50.6 Å². The summed E-state index contributed by atoms with van der Waals surface area (Å²) in [6, 6.07) is 59.5. The fourth-order valence-corrected chi connectivity index (χ4v) is 12.3. The summed E-state index contributed by atoms with van der Waals surface area (Å²) in [7, 11) is -2.73. The van der Waals surface area contributed by atoms with E-state index < -0.39 is 8.07 Å². The molecule has 1 aliphatic carbocycles. The van der Waals surface area contributed by atoms with E-state index in [4.69, 9.17) is 0 Å². The molecule has 1 aliphatic rings. The Morgan fingerprint density at radius 2 is 1.07 bits per heavy atom. The van der Waals surface area contributed by atoms with Crippen molar-refractivity contribution in [3.8, 4) is 11.1 Å². The molecule has 7 aromatic rings. The second kappa shape index (κ2) is 11.3. The summed E-state index contributed by atoms with van der Waals surface area (Å²) in [4.78, 5) is 0. The zero-order valence-electron chi connectivity index (χ0n) is 24.8. The van der Waals surface area contributed by atoms with Gasteiger partial charge >= 0.3 is 0 Å². The summed E-state index contributed by atoms with van der Waals surface area (Å²) in [5.41, 5.74) is 5.17. The smallest absolute Gasteiger partial charge is 0.179 e. The molecule has 1 unspecified atom stereocenters. The molecule has 0 spiro atoms. The maximum atomic E-state index is 2.62. The van der Waals surface area contributed by atoms with Gasteiger partial charge in [-0.15, -0.1) is 0 Å². The van der Waals surface area contributed by atoms with Gasteiger partial charge in [0.25, 0.3) is 0 Å². The van der Waals surface area contributed by atoms with Gasteiger partial charge in [-0.2, -0.15) is 0 Å². The molecule has 1 nitrogen and oxygen atoms in total.